The Kier molecular flexibility index (Phi) is 2.00. The number of H-pyrrole nitrogens is 1. The van der Waals surface area contributed by atoms with Crippen molar-refractivity contribution in [1.29, 1.82) is 0 Å². The summed E-state index contributed by atoms with van der Waals surface area (Å²) in [6, 6.07) is 1.53. The van der Waals surface area contributed by atoms with Gasteiger partial charge in [0, 0.05) is 11.9 Å². The number of hydrogen-bond acceptors (Lipinski definition) is 3. The number of nitrogens with one attached hydrogen (secondary N) is 1. The van der Waals surface area contributed by atoms with Crippen LogP contribution >= 0.6 is 0 Å². The van der Waals surface area contributed by atoms with Crippen molar-refractivity contribution in [2.24, 2.45) is 5.73 Å². The molecule has 0 aliphatic rings. The summed E-state index contributed by atoms with van der Waals surface area (Å²) in [6.07, 6.45) is 1.37. The maximum Gasteiger partial charge on any atom is 0.345 e. The van der Waals surface area contributed by atoms with Gasteiger partial charge < -0.3 is 10.7 Å². The molecule has 0 aliphatic carbocycles. The summed E-state index contributed by atoms with van der Waals surface area (Å²) in [5, 5.41) is 0. The third-order valence-corrected chi connectivity index (χ3v) is 1.10. The van der Waals surface area contributed by atoms with Crippen LogP contribution in [0.2, 0.25) is 0 Å². The summed E-state index contributed by atoms with van der Waals surface area (Å²) < 4.78 is 0. The van der Waals surface area contributed by atoms with Gasteiger partial charge in [-0.05, 0) is 6.07 Å². The molecule has 58 valence electrons. The first-order valence-electron chi connectivity index (χ1n) is 3.01. The van der Waals surface area contributed by atoms with Gasteiger partial charge in [0.05, 0.1) is 6.42 Å². The Bertz CT molecular complexity index is 318. The van der Waals surface area contributed by atoms with Gasteiger partial charge in [0.2, 0.25) is 5.91 Å². The van der Waals surface area contributed by atoms with Gasteiger partial charge in [-0.2, -0.15) is 0 Å². The second-order valence-electron chi connectivity index (χ2n) is 2.04. The molecule has 1 rings (SSSR count). The van der Waals surface area contributed by atoms with Gasteiger partial charge in [0.1, 0.15) is 0 Å². The molecule has 11 heavy (non-hydrogen) atoms. The molecule has 0 bridgehead atoms. The summed E-state index contributed by atoms with van der Waals surface area (Å²) in [7, 11) is 0. The lowest BCUT2D eigenvalue weighted by atomic mass is 10.3. The minimum absolute atomic E-state index is 0.0394. The monoisotopic (exact) mass is 153 g/mol. The quantitative estimate of drug-likeness (QED) is 0.559. The zero-order valence-electron chi connectivity index (χ0n) is 5.70. The Morgan fingerprint density at radius 2 is 2.45 bits per heavy atom. The Balaban J connectivity index is 2.88. The van der Waals surface area contributed by atoms with Gasteiger partial charge in [-0.25, -0.2) is 9.78 Å². The SMILES string of the molecule is NC(=O)Cc1ccnc(=O)[nH]1. The Labute approximate surface area is 62.3 Å². The zero-order valence-corrected chi connectivity index (χ0v) is 5.70. The summed E-state index contributed by atoms with van der Waals surface area (Å²) >= 11 is 0. The van der Waals surface area contributed by atoms with E-state index < -0.39 is 11.6 Å². The molecule has 0 fully saturated rings. The molecule has 0 aromatic carbocycles. The Morgan fingerprint density at radius 1 is 1.73 bits per heavy atom. The minimum Gasteiger partial charge on any atom is -0.369 e. The standard InChI is InChI=1S/C6H7N3O2/c7-5(10)3-4-1-2-8-6(11)9-4/h1-2H,3H2,(H2,7,10)(H,8,9,11). The first-order chi connectivity index (χ1) is 5.18. The van der Waals surface area contributed by atoms with Crippen molar-refractivity contribution < 1.29 is 4.79 Å². The second kappa shape index (κ2) is 2.96. The van der Waals surface area contributed by atoms with Crippen LogP contribution in [0.15, 0.2) is 17.1 Å². The zero-order chi connectivity index (χ0) is 8.27. The highest BCUT2D eigenvalue weighted by Gasteiger charge is 1.97. The van der Waals surface area contributed by atoms with Gasteiger partial charge in [-0.3, -0.25) is 4.79 Å². The minimum atomic E-state index is -0.480. The van der Waals surface area contributed by atoms with E-state index in [1.807, 2.05) is 0 Å². The Hall–Kier alpha value is -1.65. The van der Waals surface area contributed by atoms with Crippen LogP contribution < -0.4 is 11.4 Å². The normalized spacial score (nSPS) is 9.45. The predicted molar refractivity (Wildman–Crippen MR) is 37.8 cm³/mol. The lowest BCUT2D eigenvalue weighted by Crippen LogP contribution is -2.18. The van der Waals surface area contributed by atoms with E-state index in [0.29, 0.717) is 5.69 Å². The van der Waals surface area contributed by atoms with E-state index in [1.54, 1.807) is 0 Å². The first-order valence-corrected chi connectivity index (χ1v) is 3.01. The molecule has 0 spiro atoms. The molecule has 1 aromatic rings. The molecule has 0 atom stereocenters. The highest BCUT2D eigenvalue weighted by atomic mass is 16.1. The van der Waals surface area contributed by atoms with Crippen LogP contribution in [0.5, 0.6) is 0 Å². The number of rotatable bonds is 2. The molecule has 1 amide bonds. The van der Waals surface area contributed by atoms with Crippen LogP contribution in [0.1, 0.15) is 5.69 Å². The molecule has 5 heteroatoms. The molecule has 5 nitrogen and oxygen atoms in total. The van der Waals surface area contributed by atoms with Crippen LogP contribution in [-0.2, 0) is 11.2 Å². The number of nitrogens with zero attached hydrogens (tertiary/aromatic N) is 1. The van der Waals surface area contributed by atoms with E-state index in [9.17, 15) is 9.59 Å². The van der Waals surface area contributed by atoms with Crippen molar-refractivity contribution in [1.82, 2.24) is 9.97 Å². The van der Waals surface area contributed by atoms with Gasteiger partial charge >= 0.3 is 5.69 Å². The summed E-state index contributed by atoms with van der Waals surface area (Å²) in [4.78, 5) is 26.7. The number of hydrogen-bond donors (Lipinski definition) is 2. The predicted octanol–water partition coefficient (Wildman–Crippen LogP) is -1.20. The van der Waals surface area contributed by atoms with Crippen molar-refractivity contribution in [2.75, 3.05) is 0 Å². The molecule has 1 heterocycles. The average Bonchev–Trinajstić information content (AvgIpc) is 1.85. The van der Waals surface area contributed by atoms with E-state index >= 15 is 0 Å². The van der Waals surface area contributed by atoms with Crippen molar-refractivity contribution in [3.8, 4) is 0 Å². The number of primary amides is 1. The van der Waals surface area contributed by atoms with E-state index in [2.05, 4.69) is 9.97 Å². The molecule has 0 aliphatic heterocycles. The number of aromatic nitrogens is 2. The van der Waals surface area contributed by atoms with Gasteiger partial charge in [0.25, 0.3) is 0 Å². The summed E-state index contributed by atoms with van der Waals surface area (Å²) in [5.41, 5.74) is 4.91. The molecular formula is C6H7N3O2. The fraction of sp³-hybridized carbons (Fsp3) is 0.167. The molecule has 0 saturated carbocycles. The topological polar surface area (TPSA) is 88.8 Å². The maximum atomic E-state index is 10.6. The molecule has 0 radical (unpaired) electrons. The number of carbonyl (C=O) groups is 1. The second-order valence-corrected chi connectivity index (χ2v) is 2.04. The van der Waals surface area contributed by atoms with Gasteiger partial charge in [-0.15, -0.1) is 0 Å². The van der Waals surface area contributed by atoms with Crippen LogP contribution in [-0.4, -0.2) is 15.9 Å². The first kappa shape index (κ1) is 7.46. The molecule has 1 aromatic heterocycles. The third-order valence-electron chi connectivity index (χ3n) is 1.10. The van der Waals surface area contributed by atoms with E-state index in [1.165, 1.54) is 12.3 Å². The Morgan fingerprint density at radius 3 is 3.00 bits per heavy atom. The largest absolute Gasteiger partial charge is 0.369 e. The average molecular weight is 153 g/mol. The lowest BCUT2D eigenvalue weighted by molar-refractivity contribution is -0.117. The maximum absolute atomic E-state index is 10.6. The number of amides is 1. The van der Waals surface area contributed by atoms with Crippen LogP contribution in [0.4, 0.5) is 0 Å². The molecule has 0 saturated heterocycles. The van der Waals surface area contributed by atoms with E-state index in [4.69, 9.17) is 5.73 Å². The lowest BCUT2D eigenvalue weighted by Gasteiger charge is -1.93. The van der Waals surface area contributed by atoms with Crippen LogP contribution in [0.3, 0.4) is 0 Å². The molecule has 0 unspecified atom stereocenters. The highest BCUT2D eigenvalue weighted by Crippen LogP contribution is 1.87. The number of aromatic amines is 1. The van der Waals surface area contributed by atoms with Crippen molar-refractivity contribution in [2.45, 2.75) is 6.42 Å². The number of nitrogens with two attached hydrogens (primary N) is 1. The fourth-order valence-corrected chi connectivity index (χ4v) is 0.697. The van der Waals surface area contributed by atoms with E-state index in [-0.39, 0.29) is 6.42 Å². The summed E-state index contributed by atoms with van der Waals surface area (Å²) in [5.74, 6) is -0.480. The highest BCUT2D eigenvalue weighted by molar-refractivity contribution is 5.75. The molecular weight excluding hydrogens is 146 g/mol. The van der Waals surface area contributed by atoms with E-state index in [0.717, 1.165) is 0 Å². The van der Waals surface area contributed by atoms with Crippen molar-refractivity contribution in [3.05, 3.63) is 28.4 Å². The van der Waals surface area contributed by atoms with Crippen LogP contribution in [0, 0.1) is 0 Å². The van der Waals surface area contributed by atoms with Crippen molar-refractivity contribution in [3.63, 3.8) is 0 Å². The molecule has 3 N–H and O–H groups in total. The smallest absolute Gasteiger partial charge is 0.345 e. The van der Waals surface area contributed by atoms with Crippen LogP contribution in [0.25, 0.3) is 0 Å². The number of carbonyl (C=O) groups excluding carboxylic acids is 1. The van der Waals surface area contributed by atoms with Gasteiger partial charge in [-0.1, -0.05) is 0 Å². The fourth-order valence-electron chi connectivity index (χ4n) is 0.697. The van der Waals surface area contributed by atoms with Gasteiger partial charge in [0.15, 0.2) is 0 Å². The third kappa shape index (κ3) is 2.21. The summed E-state index contributed by atoms with van der Waals surface area (Å²) in [6.45, 7) is 0. The van der Waals surface area contributed by atoms with Crippen molar-refractivity contribution >= 4 is 5.91 Å².